The Morgan fingerprint density at radius 3 is 2.27 bits per heavy atom. The smallest absolute Gasteiger partial charge is 0.189 e. The van der Waals surface area contributed by atoms with E-state index in [9.17, 15) is 12.3 Å². The Balaban J connectivity index is 2.96. The minimum absolute atomic E-state index is 0.299. The minimum atomic E-state index is -4.70. The monoisotopic (exact) mass is 244 g/mol. The molecule has 0 aliphatic carbocycles. The summed E-state index contributed by atoms with van der Waals surface area (Å²) in [7, 11) is -4.70. The van der Waals surface area contributed by atoms with Gasteiger partial charge in [-0.15, -0.1) is 3.89 Å². The van der Waals surface area contributed by atoms with Gasteiger partial charge in [-0.2, -0.15) is 8.42 Å². The Morgan fingerprint density at radius 1 is 1.00 bits per heavy atom. The van der Waals surface area contributed by atoms with Crippen LogP contribution in [0.4, 0.5) is 3.89 Å². The lowest BCUT2D eigenvalue weighted by Crippen LogP contribution is -1.93. The number of hydrogen-bond acceptors (Lipinski definition) is 2. The first-order valence-electron chi connectivity index (χ1n) is 4.12. The molecule has 0 N–H and O–H groups in total. The van der Waals surface area contributed by atoms with Crippen LogP contribution in [0, 0.1) is 0 Å². The predicted molar refractivity (Wildman–Crippen MR) is 57.3 cm³/mol. The molecule has 0 saturated carbocycles. The third-order valence-electron chi connectivity index (χ3n) is 2.09. The van der Waals surface area contributed by atoms with E-state index in [1.807, 2.05) is 0 Å². The highest BCUT2D eigenvalue weighted by atomic mass is 35.5. The third kappa shape index (κ3) is 1.82. The molecule has 15 heavy (non-hydrogen) atoms. The average molecular weight is 245 g/mol. The predicted octanol–water partition coefficient (Wildman–Crippen LogP) is 3.15. The van der Waals surface area contributed by atoms with Gasteiger partial charge in [0, 0.05) is 15.8 Å². The molecule has 2 nitrogen and oxygen atoms in total. The summed E-state index contributed by atoms with van der Waals surface area (Å²) in [6.07, 6.45) is 0. The average Bonchev–Trinajstić information content (AvgIpc) is 2.16. The van der Waals surface area contributed by atoms with Gasteiger partial charge in [0.2, 0.25) is 0 Å². The maximum Gasteiger partial charge on any atom is 0.332 e. The van der Waals surface area contributed by atoms with Crippen LogP contribution in [0.3, 0.4) is 0 Å². The number of benzene rings is 2. The van der Waals surface area contributed by atoms with Gasteiger partial charge < -0.3 is 0 Å². The lowest BCUT2D eigenvalue weighted by Gasteiger charge is -2.03. The number of halogens is 2. The van der Waals surface area contributed by atoms with Crippen molar-refractivity contribution in [2.24, 2.45) is 0 Å². The molecule has 0 heterocycles. The highest BCUT2D eigenvalue weighted by Gasteiger charge is 2.15. The quantitative estimate of drug-likeness (QED) is 0.722. The lowest BCUT2D eigenvalue weighted by atomic mass is 10.1. The van der Waals surface area contributed by atoms with Gasteiger partial charge in [-0.25, -0.2) is 0 Å². The van der Waals surface area contributed by atoms with E-state index in [1.165, 1.54) is 18.2 Å². The van der Waals surface area contributed by atoms with Crippen LogP contribution in [0.5, 0.6) is 0 Å². The van der Waals surface area contributed by atoms with Crippen LogP contribution >= 0.6 is 11.6 Å². The molecule has 0 unspecified atom stereocenters. The first kappa shape index (κ1) is 10.4. The Labute approximate surface area is 91.5 Å². The molecular weight excluding hydrogens is 239 g/mol. The molecule has 0 fully saturated rings. The zero-order valence-corrected chi connectivity index (χ0v) is 9.02. The molecule has 0 aliphatic rings. The van der Waals surface area contributed by atoms with Crippen molar-refractivity contribution in [2.75, 3.05) is 0 Å². The third-order valence-corrected chi connectivity index (χ3v) is 3.30. The maximum atomic E-state index is 12.9. The normalized spacial score (nSPS) is 11.9. The maximum absolute atomic E-state index is 12.9. The fourth-order valence-electron chi connectivity index (χ4n) is 1.46. The molecule has 2 rings (SSSR count). The molecule has 0 amide bonds. The Bertz CT molecular complexity index is 622. The van der Waals surface area contributed by atoms with E-state index >= 15 is 0 Å². The molecule has 0 spiro atoms. The molecule has 0 bridgehead atoms. The number of rotatable bonds is 1. The summed E-state index contributed by atoms with van der Waals surface area (Å²) >= 11 is 5.86. The van der Waals surface area contributed by atoms with Crippen LogP contribution in [0.2, 0.25) is 5.02 Å². The number of fused-ring (bicyclic) bond motifs is 1. The summed E-state index contributed by atoms with van der Waals surface area (Å²) in [6, 6.07) is 9.05. The zero-order chi connectivity index (χ0) is 11.1. The standard InChI is InChI=1S/C10H6ClFO2S/c11-9-5-1-4-8-7(9)3-2-6-10(8)15(12,13)14/h1-6H. The van der Waals surface area contributed by atoms with E-state index < -0.39 is 10.2 Å². The first-order chi connectivity index (χ1) is 7.00. The summed E-state index contributed by atoms with van der Waals surface area (Å²) in [5.74, 6) is 0. The van der Waals surface area contributed by atoms with Crippen LogP contribution < -0.4 is 0 Å². The van der Waals surface area contributed by atoms with Gasteiger partial charge in [-0.3, -0.25) is 0 Å². The second-order valence-electron chi connectivity index (χ2n) is 3.03. The second kappa shape index (κ2) is 3.47. The van der Waals surface area contributed by atoms with E-state index in [0.717, 1.165) is 0 Å². The van der Waals surface area contributed by atoms with Crippen molar-refractivity contribution >= 4 is 32.6 Å². The topological polar surface area (TPSA) is 34.1 Å². The van der Waals surface area contributed by atoms with Crippen LogP contribution in [0.1, 0.15) is 0 Å². The second-order valence-corrected chi connectivity index (χ2v) is 4.75. The molecule has 0 saturated heterocycles. The molecule has 0 radical (unpaired) electrons. The molecule has 0 aromatic heterocycles. The van der Waals surface area contributed by atoms with Gasteiger partial charge in [0.15, 0.2) is 0 Å². The SMILES string of the molecule is O=S(=O)(F)c1cccc2c(Cl)cccc12. The van der Waals surface area contributed by atoms with E-state index in [4.69, 9.17) is 11.6 Å². The van der Waals surface area contributed by atoms with Gasteiger partial charge in [0.05, 0.1) is 0 Å². The van der Waals surface area contributed by atoms with Crippen molar-refractivity contribution in [2.45, 2.75) is 4.90 Å². The fourth-order valence-corrected chi connectivity index (χ4v) is 2.37. The summed E-state index contributed by atoms with van der Waals surface area (Å²) in [5, 5.41) is 1.23. The van der Waals surface area contributed by atoms with Gasteiger partial charge >= 0.3 is 10.2 Å². The largest absolute Gasteiger partial charge is 0.332 e. The summed E-state index contributed by atoms with van der Waals surface area (Å²) in [6.45, 7) is 0. The van der Waals surface area contributed by atoms with Crippen LogP contribution in [-0.4, -0.2) is 8.42 Å². The van der Waals surface area contributed by atoms with Crippen molar-refractivity contribution in [3.63, 3.8) is 0 Å². The Morgan fingerprint density at radius 2 is 1.60 bits per heavy atom. The van der Waals surface area contributed by atoms with Crippen LogP contribution in [0.15, 0.2) is 41.3 Å². The molecule has 0 aliphatic heterocycles. The minimum Gasteiger partial charge on any atom is -0.189 e. The lowest BCUT2D eigenvalue weighted by molar-refractivity contribution is 0.553. The van der Waals surface area contributed by atoms with Gasteiger partial charge in [-0.1, -0.05) is 35.9 Å². The van der Waals surface area contributed by atoms with Gasteiger partial charge in [-0.05, 0) is 12.1 Å². The molecule has 5 heteroatoms. The van der Waals surface area contributed by atoms with E-state index in [0.29, 0.717) is 15.8 Å². The van der Waals surface area contributed by atoms with Crippen LogP contribution in [-0.2, 0) is 10.2 Å². The summed E-state index contributed by atoms with van der Waals surface area (Å²) in [4.78, 5) is -0.345. The van der Waals surface area contributed by atoms with Crippen molar-refractivity contribution in [3.05, 3.63) is 41.4 Å². The Hall–Kier alpha value is -1.13. The molecular formula is C10H6ClFO2S. The highest BCUT2D eigenvalue weighted by Crippen LogP contribution is 2.29. The van der Waals surface area contributed by atoms with Crippen molar-refractivity contribution in [3.8, 4) is 0 Å². The fraction of sp³-hybridized carbons (Fsp3) is 0. The molecule has 2 aromatic rings. The molecule has 0 atom stereocenters. The summed E-state index contributed by atoms with van der Waals surface area (Å²) in [5.41, 5.74) is 0. The molecule has 78 valence electrons. The van der Waals surface area contributed by atoms with Crippen molar-refractivity contribution < 1.29 is 12.3 Å². The van der Waals surface area contributed by atoms with E-state index in [2.05, 4.69) is 0 Å². The Kier molecular flexibility index (Phi) is 2.40. The first-order valence-corrected chi connectivity index (χ1v) is 5.88. The number of hydrogen-bond donors (Lipinski definition) is 0. The van der Waals surface area contributed by atoms with Crippen LogP contribution in [0.25, 0.3) is 10.8 Å². The van der Waals surface area contributed by atoms with Crippen molar-refractivity contribution in [1.82, 2.24) is 0 Å². The summed E-state index contributed by atoms with van der Waals surface area (Å²) < 4.78 is 34.6. The zero-order valence-electron chi connectivity index (χ0n) is 7.44. The van der Waals surface area contributed by atoms with Gasteiger partial charge in [0.25, 0.3) is 0 Å². The van der Waals surface area contributed by atoms with Crippen molar-refractivity contribution in [1.29, 1.82) is 0 Å². The van der Waals surface area contributed by atoms with E-state index in [1.54, 1.807) is 18.2 Å². The highest BCUT2D eigenvalue weighted by molar-refractivity contribution is 7.86. The molecule has 2 aromatic carbocycles. The van der Waals surface area contributed by atoms with Gasteiger partial charge in [0.1, 0.15) is 4.90 Å². The van der Waals surface area contributed by atoms with E-state index in [-0.39, 0.29) is 4.90 Å².